The third kappa shape index (κ3) is 7.87. The quantitative estimate of drug-likeness (QED) is 0.449. The number of likely N-dealkylation sites (tertiary alicyclic amines) is 1. The smallest absolute Gasteiger partial charge is 0.356 e. The molecule has 0 saturated carbocycles. The minimum absolute atomic E-state index is 0.153. The van der Waals surface area contributed by atoms with Gasteiger partial charge in [-0.15, -0.1) is 0 Å². The Labute approximate surface area is 131 Å². The molecule has 4 nitrogen and oxygen atoms in total. The summed E-state index contributed by atoms with van der Waals surface area (Å²) in [6, 6.07) is 0.961. The second kappa shape index (κ2) is 9.22. The molecule has 130 valence electrons. The molecular formula is C15H29F3N4. The molecule has 1 saturated heterocycles. The Bertz CT molecular complexity index is 334. The maximum absolute atomic E-state index is 12.0. The summed E-state index contributed by atoms with van der Waals surface area (Å²) in [4.78, 5) is 6.59. The van der Waals surface area contributed by atoms with Gasteiger partial charge < -0.3 is 15.5 Å². The van der Waals surface area contributed by atoms with Crippen LogP contribution in [0.5, 0.6) is 0 Å². The Hall–Kier alpha value is -0.980. The fourth-order valence-electron chi connectivity index (χ4n) is 2.61. The van der Waals surface area contributed by atoms with E-state index < -0.39 is 12.6 Å². The summed E-state index contributed by atoms with van der Waals surface area (Å²) in [5.41, 5.74) is 0. The minimum atomic E-state index is -4.05. The van der Waals surface area contributed by atoms with Gasteiger partial charge >= 0.3 is 6.18 Å². The van der Waals surface area contributed by atoms with Crippen molar-refractivity contribution >= 4 is 5.96 Å². The zero-order valence-corrected chi connectivity index (χ0v) is 13.8. The van der Waals surface area contributed by atoms with Crippen molar-refractivity contribution in [3.05, 3.63) is 0 Å². The first-order chi connectivity index (χ1) is 10.3. The SMILES string of the molecule is CN=C(NCCCCC(F)(F)F)NC1CCN(C(C)C)CC1. The summed E-state index contributed by atoms with van der Waals surface area (Å²) in [6.07, 6.45) is -2.00. The van der Waals surface area contributed by atoms with Gasteiger partial charge in [-0.25, -0.2) is 0 Å². The lowest BCUT2D eigenvalue weighted by Crippen LogP contribution is -2.49. The number of guanidine groups is 1. The molecule has 2 N–H and O–H groups in total. The number of nitrogens with one attached hydrogen (secondary N) is 2. The summed E-state index contributed by atoms with van der Waals surface area (Å²) in [5.74, 6) is 0.690. The van der Waals surface area contributed by atoms with E-state index in [0.717, 1.165) is 25.9 Å². The number of nitrogens with zero attached hydrogens (tertiary/aromatic N) is 2. The van der Waals surface area contributed by atoms with Crippen molar-refractivity contribution in [2.45, 2.75) is 64.2 Å². The maximum atomic E-state index is 12.0. The molecule has 7 heteroatoms. The normalized spacial score (nSPS) is 18.8. The van der Waals surface area contributed by atoms with Crippen LogP contribution in [-0.4, -0.2) is 55.8 Å². The Morgan fingerprint density at radius 1 is 1.23 bits per heavy atom. The van der Waals surface area contributed by atoms with Crippen LogP contribution in [0, 0.1) is 0 Å². The van der Waals surface area contributed by atoms with E-state index in [2.05, 4.69) is 34.4 Å². The largest absolute Gasteiger partial charge is 0.389 e. The lowest BCUT2D eigenvalue weighted by Gasteiger charge is -2.35. The number of piperidine rings is 1. The van der Waals surface area contributed by atoms with Gasteiger partial charge in [0.1, 0.15) is 0 Å². The molecule has 0 amide bonds. The Morgan fingerprint density at radius 3 is 2.36 bits per heavy atom. The van der Waals surface area contributed by atoms with Crippen molar-refractivity contribution in [3.63, 3.8) is 0 Å². The molecule has 22 heavy (non-hydrogen) atoms. The third-order valence-corrected chi connectivity index (χ3v) is 4.00. The van der Waals surface area contributed by atoms with Crippen molar-refractivity contribution in [3.8, 4) is 0 Å². The van der Waals surface area contributed by atoms with Crippen LogP contribution < -0.4 is 10.6 Å². The predicted molar refractivity (Wildman–Crippen MR) is 84.1 cm³/mol. The predicted octanol–water partition coefficient (Wildman–Crippen LogP) is 2.76. The molecule has 0 aliphatic carbocycles. The molecule has 1 fully saturated rings. The number of halogens is 3. The van der Waals surface area contributed by atoms with E-state index in [1.54, 1.807) is 7.05 Å². The van der Waals surface area contributed by atoms with Gasteiger partial charge in [0, 0.05) is 45.2 Å². The van der Waals surface area contributed by atoms with Crippen molar-refractivity contribution in [2.75, 3.05) is 26.7 Å². The van der Waals surface area contributed by atoms with E-state index in [0.29, 0.717) is 31.0 Å². The molecule has 1 aliphatic heterocycles. The molecule has 0 aromatic heterocycles. The number of hydrogen-bond acceptors (Lipinski definition) is 2. The molecule has 0 unspecified atom stereocenters. The van der Waals surface area contributed by atoms with Crippen molar-refractivity contribution in [1.29, 1.82) is 0 Å². The van der Waals surface area contributed by atoms with Gasteiger partial charge in [0.25, 0.3) is 0 Å². The van der Waals surface area contributed by atoms with E-state index in [9.17, 15) is 13.2 Å². The van der Waals surface area contributed by atoms with Gasteiger partial charge in [-0.1, -0.05) is 0 Å². The molecule has 0 spiro atoms. The monoisotopic (exact) mass is 322 g/mol. The van der Waals surface area contributed by atoms with E-state index in [1.165, 1.54) is 0 Å². The van der Waals surface area contributed by atoms with Crippen LogP contribution in [-0.2, 0) is 0 Å². The van der Waals surface area contributed by atoms with E-state index in [1.807, 2.05) is 0 Å². The van der Waals surface area contributed by atoms with Crippen LogP contribution in [0.3, 0.4) is 0 Å². The Morgan fingerprint density at radius 2 is 1.86 bits per heavy atom. The lowest BCUT2D eigenvalue weighted by atomic mass is 10.0. The third-order valence-electron chi connectivity index (χ3n) is 4.00. The van der Waals surface area contributed by atoms with Gasteiger partial charge in [0.2, 0.25) is 0 Å². The summed E-state index contributed by atoms with van der Waals surface area (Å²) in [7, 11) is 1.69. The maximum Gasteiger partial charge on any atom is 0.389 e. The summed E-state index contributed by atoms with van der Waals surface area (Å²) < 4.78 is 36.1. The first kappa shape index (κ1) is 19.1. The van der Waals surface area contributed by atoms with Crippen molar-refractivity contribution < 1.29 is 13.2 Å². The second-order valence-electron chi connectivity index (χ2n) is 6.12. The van der Waals surface area contributed by atoms with Gasteiger partial charge in [-0.05, 0) is 39.5 Å². The number of alkyl halides is 3. The fraction of sp³-hybridized carbons (Fsp3) is 0.933. The topological polar surface area (TPSA) is 39.7 Å². The molecule has 0 aromatic carbocycles. The van der Waals surface area contributed by atoms with Gasteiger partial charge in [-0.3, -0.25) is 4.99 Å². The highest BCUT2D eigenvalue weighted by atomic mass is 19.4. The number of rotatable bonds is 6. The average Bonchev–Trinajstić information content (AvgIpc) is 2.45. The summed E-state index contributed by atoms with van der Waals surface area (Å²) in [6.45, 7) is 7.06. The highest BCUT2D eigenvalue weighted by Gasteiger charge is 2.26. The first-order valence-corrected chi connectivity index (χ1v) is 8.10. The standard InChI is InChI=1S/C15H29F3N4/c1-12(2)22-10-6-13(7-11-22)21-14(19-3)20-9-5-4-8-15(16,17)18/h12-13H,4-11H2,1-3H3,(H2,19,20,21). The van der Waals surface area contributed by atoms with Gasteiger partial charge in [0.15, 0.2) is 5.96 Å². The Balaban J connectivity index is 2.18. The van der Waals surface area contributed by atoms with Gasteiger partial charge in [0.05, 0.1) is 0 Å². The minimum Gasteiger partial charge on any atom is -0.356 e. The van der Waals surface area contributed by atoms with Crippen LogP contribution in [0.2, 0.25) is 0 Å². The Kier molecular flexibility index (Phi) is 8.00. The number of hydrogen-bond donors (Lipinski definition) is 2. The number of unbranched alkanes of at least 4 members (excludes halogenated alkanes) is 1. The van der Waals surface area contributed by atoms with Crippen LogP contribution >= 0.6 is 0 Å². The summed E-state index contributed by atoms with van der Waals surface area (Å²) >= 11 is 0. The molecule has 0 bridgehead atoms. The number of aliphatic imine (C=N–C) groups is 1. The molecule has 1 rings (SSSR count). The van der Waals surface area contributed by atoms with Crippen LogP contribution in [0.4, 0.5) is 13.2 Å². The molecule has 1 aliphatic rings. The van der Waals surface area contributed by atoms with E-state index in [4.69, 9.17) is 0 Å². The van der Waals surface area contributed by atoms with Crippen LogP contribution in [0.1, 0.15) is 46.0 Å². The van der Waals surface area contributed by atoms with Crippen molar-refractivity contribution in [2.24, 2.45) is 4.99 Å². The molecule has 1 heterocycles. The molecule has 0 radical (unpaired) electrons. The molecule has 0 atom stereocenters. The van der Waals surface area contributed by atoms with Crippen LogP contribution in [0.25, 0.3) is 0 Å². The van der Waals surface area contributed by atoms with Gasteiger partial charge in [-0.2, -0.15) is 13.2 Å². The molecular weight excluding hydrogens is 293 g/mol. The first-order valence-electron chi connectivity index (χ1n) is 8.10. The second-order valence-corrected chi connectivity index (χ2v) is 6.12. The zero-order chi connectivity index (χ0) is 16.6. The summed E-state index contributed by atoms with van der Waals surface area (Å²) in [5, 5.41) is 6.46. The van der Waals surface area contributed by atoms with E-state index >= 15 is 0 Å². The fourth-order valence-corrected chi connectivity index (χ4v) is 2.61. The van der Waals surface area contributed by atoms with Crippen molar-refractivity contribution in [1.82, 2.24) is 15.5 Å². The molecule has 0 aromatic rings. The highest BCUT2D eigenvalue weighted by molar-refractivity contribution is 5.79. The van der Waals surface area contributed by atoms with E-state index in [-0.39, 0.29) is 6.42 Å². The average molecular weight is 322 g/mol. The lowest BCUT2D eigenvalue weighted by molar-refractivity contribution is -0.135. The highest BCUT2D eigenvalue weighted by Crippen LogP contribution is 2.21. The van der Waals surface area contributed by atoms with Crippen LogP contribution in [0.15, 0.2) is 4.99 Å². The zero-order valence-electron chi connectivity index (χ0n) is 13.8.